The molecule has 0 spiro atoms. The van der Waals surface area contributed by atoms with Crippen LogP contribution in [0.3, 0.4) is 0 Å². The maximum atomic E-state index is 9.21. The van der Waals surface area contributed by atoms with Crippen LogP contribution in [0.15, 0.2) is 18.2 Å². The molecule has 0 aromatic heterocycles. The van der Waals surface area contributed by atoms with Gasteiger partial charge in [-0.05, 0) is 25.0 Å². The molecule has 0 fully saturated rings. The normalized spacial score (nSPS) is 8.54. The van der Waals surface area contributed by atoms with Gasteiger partial charge in [0.15, 0.2) is 0 Å². The number of rotatable bonds is 0. The largest absolute Gasteiger partial charge is 0.507 e. The summed E-state index contributed by atoms with van der Waals surface area (Å²) in [6, 6.07) is 5.72. The number of phenolic OH excluding ortho intramolecular Hbond substituents is 1. The van der Waals surface area contributed by atoms with Crippen molar-refractivity contribution in [1.82, 2.24) is 0 Å². The lowest BCUT2D eigenvalue weighted by Gasteiger charge is -1.99. The second-order valence-corrected chi connectivity index (χ2v) is 2.76. The second kappa shape index (κ2) is 5.19. The topological polar surface area (TPSA) is 57.5 Å². The third-order valence-electron chi connectivity index (χ3n) is 1.44. The molecule has 0 unspecified atom stereocenters. The molecule has 3 heteroatoms. The zero-order valence-corrected chi connectivity index (χ0v) is 8.03. The highest BCUT2D eigenvalue weighted by atomic mass is 16.4. The van der Waals surface area contributed by atoms with Crippen molar-refractivity contribution >= 4 is 5.97 Å². The van der Waals surface area contributed by atoms with Crippen molar-refractivity contribution in [1.29, 1.82) is 0 Å². The Morgan fingerprint density at radius 2 is 1.54 bits per heavy atom. The number of aromatic hydroxyl groups is 1. The molecule has 0 radical (unpaired) electrons. The molecular weight excluding hydrogens is 168 g/mol. The van der Waals surface area contributed by atoms with E-state index in [-0.39, 0.29) is 0 Å². The molecule has 1 aromatic carbocycles. The lowest BCUT2D eigenvalue weighted by molar-refractivity contribution is -0.134. The molecule has 0 aliphatic rings. The van der Waals surface area contributed by atoms with Crippen LogP contribution in [-0.4, -0.2) is 16.2 Å². The Balaban J connectivity index is 0.000000310. The van der Waals surface area contributed by atoms with Gasteiger partial charge in [-0.1, -0.05) is 18.2 Å². The van der Waals surface area contributed by atoms with Crippen molar-refractivity contribution in [3.8, 4) is 5.75 Å². The highest BCUT2D eigenvalue weighted by Crippen LogP contribution is 2.19. The predicted octanol–water partition coefficient (Wildman–Crippen LogP) is 2.10. The summed E-state index contributed by atoms with van der Waals surface area (Å²) in [7, 11) is 0. The monoisotopic (exact) mass is 182 g/mol. The Labute approximate surface area is 77.6 Å². The van der Waals surface area contributed by atoms with Gasteiger partial charge < -0.3 is 10.2 Å². The fourth-order valence-electron chi connectivity index (χ4n) is 0.806. The van der Waals surface area contributed by atoms with Crippen LogP contribution < -0.4 is 0 Å². The number of hydrogen-bond donors (Lipinski definition) is 2. The minimum atomic E-state index is -0.833. The minimum Gasteiger partial charge on any atom is -0.507 e. The Hall–Kier alpha value is -1.51. The number of carboxylic acid groups (broad SMARTS) is 1. The van der Waals surface area contributed by atoms with E-state index in [1.165, 1.54) is 0 Å². The van der Waals surface area contributed by atoms with Gasteiger partial charge >= 0.3 is 0 Å². The molecule has 0 heterocycles. The summed E-state index contributed by atoms with van der Waals surface area (Å²) in [5.74, 6) is -0.419. The fourth-order valence-corrected chi connectivity index (χ4v) is 0.806. The minimum absolute atomic E-state index is 0.414. The molecule has 0 saturated carbocycles. The Kier molecular flexibility index (Phi) is 4.59. The number of para-hydroxylation sites is 1. The van der Waals surface area contributed by atoms with Crippen molar-refractivity contribution in [3.05, 3.63) is 29.3 Å². The van der Waals surface area contributed by atoms with Gasteiger partial charge in [0.25, 0.3) is 5.97 Å². The lowest BCUT2D eigenvalue weighted by Crippen LogP contribution is -1.78. The van der Waals surface area contributed by atoms with E-state index in [4.69, 9.17) is 9.90 Å². The molecule has 0 atom stereocenters. The van der Waals surface area contributed by atoms with Crippen molar-refractivity contribution in [2.24, 2.45) is 0 Å². The number of phenols is 1. The van der Waals surface area contributed by atoms with E-state index in [1.54, 1.807) is 0 Å². The van der Waals surface area contributed by atoms with Gasteiger partial charge in [0, 0.05) is 6.92 Å². The molecule has 13 heavy (non-hydrogen) atoms. The van der Waals surface area contributed by atoms with Crippen molar-refractivity contribution < 1.29 is 15.0 Å². The van der Waals surface area contributed by atoms with Crippen molar-refractivity contribution in [2.45, 2.75) is 20.8 Å². The molecule has 0 amide bonds. The maximum Gasteiger partial charge on any atom is 0.300 e. The SMILES string of the molecule is CC(=O)O.Cc1cccc(C)c1O. The molecule has 3 nitrogen and oxygen atoms in total. The number of hydrogen-bond acceptors (Lipinski definition) is 2. The fraction of sp³-hybridized carbons (Fsp3) is 0.300. The second-order valence-electron chi connectivity index (χ2n) is 2.76. The van der Waals surface area contributed by atoms with E-state index in [0.29, 0.717) is 5.75 Å². The van der Waals surface area contributed by atoms with Crippen LogP contribution in [0.5, 0.6) is 5.75 Å². The van der Waals surface area contributed by atoms with Gasteiger partial charge in [-0.3, -0.25) is 4.79 Å². The third-order valence-corrected chi connectivity index (χ3v) is 1.44. The van der Waals surface area contributed by atoms with Gasteiger partial charge in [0.2, 0.25) is 0 Å². The smallest absolute Gasteiger partial charge is 0.300 e. The summed E-state index contributed by atoms with van der Waals surface area (Å²) in [5, 5.41) is 16.6. The van der Waals surface area contributed by atoms with Crippen molar-refractivity contribution in [2.75, 3.05) is 0 Å². The quantitative estimate of drug-likeness (QED) is 0.646. The van der Waals surface area contributed by atoms with E-state index >= 15 is 0 Å². The van der Waals surface area contributed by atoms with Gasteiger partial charge in [-0.2, -0.15) is 0 Å². The number of carboxylic acids is 1. The molecular formula is C10H14O3. The molecule has 0 aliphatic carbocycles. The molecule has 0 aliphatic heterocycles. The average Bonchev–Trinajstić information content (AvgIpc) is 1.99. The third kappa shape index (κ3) is 4.85. The summed E-state index contributed by atoms with van der Waals surface area (Å²) < 4.78 is 0. The zero-order valence-electron chi connectivity index (χ0n) is 8.03. The van der Waals surface area contributed by atoms with E-state index in [9.17, 15) is 5.11 Å². The van der Waals surface area contributed by atoms with Gasteiger partial charge in [0.1, 0.15) is 5.75 Å². The van der Waals surface area contributed by atoms with E-state index in [0.717, 1.165) is 18.1 Å². The number of carbonyl (C=O) groups is 1. The van der Waals surface area contributed by atoms with Gasteiger partial charge in [-0.25, -0.2) is 0 Å². The van der Waals surface area contributed by atoms with Crippen LogP contribution in [0.1, 0.15) is 18.1 Å². The van der Waals surface area contributed by atoms with Crippen LogP contribution in [0, 0.1) is 13.8 Å². The van der Waals surface area contributed by atoms with E-state index < -0.39 is 5.97 Å². The first-order valence-electron chi connectivity index (χ1n) is 3.90. The summed E-state index contributed by atoms with van der Waals surface area (Å²) in [4.78, 5) is 9.00. The Morgan fingerprint density at radius 1 is 1.23 bits per heavy atom. The van der Waals surface area contributed by atoms with Gasteiger partial charge in [0.05, 0.1) is 0 Å². The highest BCUT2D eigenvalue weighted by Gasteiger charge is 1.95. The standard InChI is InChI=1S/C8H10O.C2H4O2/c1-6-4-3-5-7(2)8(6)9;1-2(3)4/h3-5,9H,1-2H3;1H3,(H,3,4). The average molecular weight is 182 g/mol. The zero-order chi connectivity index (χ0) is 10.4. The maximum absolute atomic E-state index is 9.21. The number of benzene rings is 1. The molecule has 2 N–H and O–H groups in total. The molecule has 72 valence electrons. The lowest BCUT2D eigenvalue weighted by atomic mass is 10.1. The summed E-state index contributed by atoms with van der Waals surface area (Å²) >= 11 is 0. The van der Waals surface area contributed by atoms with Crippen LogP contribution in [0.25, 0.3) is 0 Å². The van der Waals surface area contributed by atoms with E-state index in [1.807, 2.05) is 32.0 Å². The first-order valence-corrected chi connectivity index (χ1v) is 3.90. The van der Waals surface area contributed by atoms with Crippen LogP contribution in [0.4, 0.5) is 0 Å². The first kappa shape index (κ1) is 11.5. The van der Waals surface area contributed by atoms with Gasteiger partial charge in [-0.15, -0.1) is 0 Å². The summed E-state index contributed by atoms with van der Waals surface area (Å²) in [6.07, 6.45) is 0. The van der Waals surface area contributed by atoms with Crippen LogP contribution in [-0.2, 0) is 4.79 Å². The summed E-state index contributed by atoms with van der Waals surface area (Å²) in [5.41, 5.74) is 1.88. The Morgan fingerprint density at radius 3 is 1.77 bits per heavy atom. The van der Waals surface area contributed by atoms with E-state index in [2.05, 4.69) is 0 Å². The molecule has 0 saturated heterocycles. The molecule has 1 rings (SSSR count). The predicted molar refractivity (Wildman–Crippen MR) is 50.9 cm³/mol. The highest BCUT2D eigenvalue weighted by molar-refractivity contribution is 5.62. The number of aliphatic carboxylic acids is 1. The van der Waals surface area contributed by atoms with Crippen molar-refractivity contribution in [3.63, 3.8) is 0 Å². The van der Waals surface area contributed by atoms with Crippen LogP contribution >= 0.6 is 0 Å². The molecule has 0 bridgehead atoms. The summed E-state index contributed by atoms with van der Waals surface area (Å²) in [6.45, 7) is 4.87. The molecule has 1 aromatic rings. The Bertz CT molecular complexity index is 268. The van der Waals surface area contributed by atoms with Crippen LogP contribution in [0.2, 0.25) is 0 Å². The first-order chi connectivity index (χ1) is 5.95. The number of aryl methyl sites for hydroxylation is 2.